The van der Waals surface area contributed by atoms with Gasteiger partial charge in [0.15, 0.2) is 0 Å². The number of likely N-dealkylation sites (tertiary alicyclic amines) is 1. The lowest BCUT2D eigenvalue weighted by Gasteiger charge is -2.37. The minimum atomic E-state index is -0.599. The molecule has 1 heterocycles. The van der Waals surface area contributed by atoms with Gasteiger partial charge in [-0.25, -0.2) is 0 Å². The minimum absolute atomic E-state index is 0.302. The van der Waals surface area contributed by atoms with Gasteiger partial charge in [0.1, 0.15) is 0 Å². The van der Waals surface area contributed by atoms with Crippen LogP contribution in [-0.2, 0) is 9.53 Å². The van der Waals surface area contributed by atoms with Crippen molar-refractivity contribution in [2.24, 2.45) is 5.41 Å². The zero-order chi connectivity index (χ0) is 13.0. The summed E-state index contributed by atoms with van der Waals surface area (Å²) in [5.74, 6) is -0.599. The van der Waals surface area contributed by atoms with E-state index in [0.29, 0.717) is 12.6 Å². The lowest BCUT2D eigenvalue weighted by molar-refractivity contribution is -0.150. The zero-order valence-electron chi connectivity index (χ0n) is 11.4. The van der Waals surface area contributed by atoms with Gasteiger partial charge >= 0.3 is 5.97 Å². The third kappa shape index (κ3) is 3.04. The van der Waals surface area contributed by atoms with E-state index >= 15 is 0 Å². The van der Waals surface area contributed by atoms with Gasteiger partial charge in [0.05, 0.1) is 11.5 Å². The first kappa shape index (κ1) is 13.8. The number of nitrogens with zero attached hydrogens (tertiary/aromatic N) is 1. The third-order valence-electron chi connectivity index (χ3n) is 4.41. The molecule has 0 spiro atoms. The monoisotopic (exact) mass is 255 g/mol. The number of hydrogen-bond donors (Lipinski definition) is 1. The van der Waals surface area contributed by atoms with Crippen molar-refractivity contribution < 1.29 is 14.6 Å². The smallest absolute Gasteiger partial charge is 0.310 e. The number of carboxylic acid groups (broad SMARTS) is 1. The molecule has 18 heavy (non-hydrogen) atoms. The average molecular weight is 255 g/mol. The van der Waals surface area contributed by atoms with Crippen molar-refractivity contribution in [3.63, 3.8) is 0 Å². The molecule has 4 nitrogen and oxygen atoms in total. The van der Waals surface area contributed by atoms with Crippen LogP contribution in [0.5, 0.6) is 0 Å². The molecule has 1 saturated heterocycles. The van der Waals surface area contributed by atoms with Crippen molar-refractivity contribution in [3.8, 4) is 0 Å². The molecular formula is C14H25NO3. The molecule has 2 aliphatic rings. The summed E-state index contributed by atoms with van der Waals surface area (Å²) in [5, 5.41) is 9.51. The average Bonchev–Trinajstić information content (AvgIpc) is 2.80. The Morgan fingerprint density at radius 1 is 1.39 bits per heavy atom. The van der Waals surface area contributed by atoms with Gasteiger partial charge in [0.25, 0.3) is 0 Å². The Kier molecular flexibility index (Phi) is 4.62. The fourth-order valence-corrected chi connectivity index (χ4v) is 3.45. The number of ether oxygens (including phenoxy) is 1. The summed E-state index contributed by atoms with van der Waals surface area (Å²) in [6.07, 6.45) is 6.36. The molecule has 0 bridgehead atoms. The summed E-state index contributed by atoms with van der Waals surface area (Å²) >= 11 is 0. The quantitative estimate of drug-likeness (QED) is 0.817. The van der Waals surface area contributed by atoms with Gasteiger partial charge in [-0.2, -0.15) is 0 Å². The minimum Gasteiger partial charge on any atom is -0.481 e. The van der Waals surface area contributed by atoms with Crippen molar-refractivity contribution in [1.82, 2.24) is 4.90 Å². The van der Waals surface area contributed by atoms with Crippen LogP contribution >= 0.6 is 0 Å². The number of aliphatic carboxylic acids is 1. The largest absolute Gasteiger partial charge is 0.481 e. The van der Waals surface area contributed by atoms with E-state index < -0.39 is 11.4 Å². The molecule has 1 atom stereocenters. The molecule has 0 radical (unpaired) electrons. The van der Waals surface area contributed by atoms with Gasteiger partial charge < -0.3 is 9.84 Å². The number of carboxylic acids is 1. The molecular weight excluding hydrogens is 230 g/mol. The lowest BCUT2D eigenvalue weighted by Crippen LogP contribution is -2.47. The van der Waals surface area contributed by atoms with E-state index in [2.05, 4.69) is 4.90 Å². The second-order valence-electron chi connectivity index (χ2n) is 5.75. The van der Waals surface area contributed by atoms with Crippen LogP contribution in [0.15, 0.2) is 0 Å². The van der Waals surface area contributed by atoms with Crippen molar-refractivity contribution in [2.75, 3.05) is 26.2 Å². The van der Waals surface area contributed by atoms with Crippen LogP contribution < -0.4 is 0 Å². The predicted molar refractivity (Wildman–Crippen MR) is 69.6 cm³/mol. The molecule has 0 amide bonds. The molecule has 1 aliphatic heterocycles. The standard InChI is InChI=1S/C14H25NO3/c1-2-18-12-6-5-9-15(10-12)11-14(13(16)17)7-3-4-8-14/h12H,2-11H2,1H3,(H,16,17). The maximum Gasteiger partial charge on any atom is 0.310 e. The number of piperidine rings is 1. The second kappa shape index (κ2) is 6.02. The highest BCUT2D eigenvalue weighted by Crippen LogP contribution is 2.39. The van der Waals surface area contributed by atoms with E-state index in [4.69, 9.17) is 4.74 Å². The Morgan fingerprint density at radius 3 is 2.72 bits per heavy atom. The zero-order valence-corrected chi connectivity index (χ0v) is 11.4. The number of hydrogen-bond acceptors (Lipinski definition) is 3. The van der Waals surface area contributed by atoms with Crippen molar-refractivity contribution in [2.45, 2.75) is 51.6 Å². The van der Waals surface area contributed by atoms with Crippen LogP contribution in [0.1, 0.15) is 45.4 Å². The summed E-state index contributed by atoms with van der Waals surface area (Å²) in [7, 11) is 0. The highest BCUT2D eigenvalue weighted by Gasteiger charge is 2.43. The predicted octanol–water partition coefficient (Wildman–Crippen LogP) is 2.13. The van der Waals surface area contributed by atoms with Gasteiger partial charge in [0.2, 0.25) is 0 Å². The Morgan fingerprint density at radius 2 is 2.11 bits per heavy atom. The maximum atomic E-state index is 11.5. The van der Waals surface area contributed by atoms with Crippen molar-refractivity contribution in [1.29, 1.82) is 0 Å². The SMILES string of the molecule is CCOC1CCCN(CC2(C(=O)O)CCCC2)C1. The first-order valence-corrected chi connectivity index (χ1v) is 7.24. The van der Waals surface area contributed by atoms with Crippen LogP contribution in [0.3, 0.4) is 0 Å². The third-order valence-corrected chi connectivity index (χ3v) is 4.41. The lowest BCUT2D eigenvalue weighted by atomic mass is 9.85. The van der Waals surface area contributed by atoms with Crippen LogP contribution in [0, 0.1) is 5.41 Å². The van der Waals surface area contributed by atoms with Crippen LogP contribution in [0.4, 0.5) is 0 Å². The molecule has 2 fully saturated rings. The molecule has 1 aliphatic carbocycles. The van der Waals surface area contributed by atoms with Crippen LogP contribution in [-0.4, -0.2) is 48.3 Å². The highest BCUT2D eigenvalue weighted by molar-refractivity contribution is 5.75. The van der Waals surface area contributed by atoms with E-state index in [0.717, 1.165) is 58.2 Å². The molecule has 1 unspecified atom stereocenters. The Hall–Kier alpha value is -0.610. The topological polar surface area (TPSA) is 49.8 Å². The van der Waals surface area contributed by atoms with Gasteiger partial charge in [-0.1, -0.05) is 12.8 Å². The van der Waals surface area contributed by atoms with Crippen LogP contribution in [0.2, 0.25) is 0 Å². The molecule has 0 aromatic rings. The summed E-state index contributed by atoms with van der Waals surface area (Å²) < 4.78 is 5.68. The molecule has 2 rings (SSSR count). The van der Waals surface area contributed by atoms with Crippen LogP contribution in [0.25, 0.3) is 0 Å². The molecule has 0 aromatic carbocycles. The van der Waals surface area contributed by atoms with Gasteiger partial charge in [-0.3, -0.25) is 9.69 Å². The summed E-state index contributed by atoms with van der Waals surface area (Å²) in [6, 6.07) is 0. The molecule has 104 valence electrons. The summed E-state index contributed by atoms with van der Waals surface area (Å²) in [5.41, 5.74) is -0.478. The second-order valence-corrected chi connectivity index (χ2v) is 5.75. The molecule has 4 heteroatoms. The summed E-state index contributed by atoms with van der Waals surface area (Å²) in [6.45, 7) is 5.42. The van der Waals surface area contributed by atoms with Gasteiger partial charge in [-0.05, 0) is 39.2 Å². The maximum absolute atomic E-state index is 11.5. The Bertz CT molecular complexity index is 285. The van der Waals surface area contributed by atoms with E-state index in [1.165, 1.54) is 0 Å². The normalized spacial score (nSPS) is 28.4. The van der Waals surface area contributed by atoms with E-state index in [-0.39, 0.29) is 0 Å². The fourth-order valence-electron chi connectivity index (χ4n) is 3.45. The molecule has 1 N–H and O–H groups in total. The number of carbonyl (C=O) groups is 1. The number of rotatable bonds is 5. The van der Waals surface area contributed by atoms with Gasteiger partial charge in [-0.15, -0.1) is 0 Å². The van der Waals surface area contributed by atoms with E-state index in [1.54, 1.807) is 0 Å². The summed E-state index contributed by atoms with van der Waals surface area (Å²) in [4.78, 5) is 13.9. The fraction of sp³-hybridized carbons (Fsp3) is 0.929. The molecule has 1 saturated carbocycles. The van der Waals surface area contributed by atoms with E-state index in [9.17, 15) is 9.90 Å². The first-order chi connectivity index (χ1) is 8.66. The van der Waals surface area contributed by atoms with E-state index in [1.807, 2.05) is 6.92 Å². The highest BCUT2D eigenvalue weighted by atomic mass is 16.5. The Balaban J connectivity index is 1.93. The first-order valence-electron chi connectivity index (χ1n) is 7.24. The van der Waals surface area contributed by atoms with Crippen molar-refractivity contribution >= 4 is 5.97 Å². The van der Waals surface area contributed by atoms with Crippen molar-refractivity contribution in [3.05, 3.63) is 0 Å². The Labute approximate surface area is 109 Å². The molecule has 0 aromatic heterocycles. The van der Waals surface area contributed by atoms with Gasteiger partial charge in [0, 0.05) is 19.7 Å².